The Kier molecular flexibility index (Phi) is 6.93. The van der Waals surface area contributed by atoms with Crippen LogP contribution in [-0.2, 0) is 17.8 Å². The normalized spacial score (nSPS) is 10.8. The van der Waals surface area contributed by atoms with Gasteiger partial charge in [-0.05, 0) is 35.4 Å². The van der Waals surface area contributed by atoms with Crippen LogP contribution in [0.15, 0.2) is 72.8 Å². The Labute approximate surface area is 175 Å². The monoisotopic (exact) mass is 408 g/mol. The topological polar surface area (TPSA) is 55.8 Å². The van der Waals surface area contributed by atoms with Gasteiger partial charge in [-0.2, -0.15) is 0 Å². The number of rotatable bonds is 8. The molecular formula is C24H21ClO4. The summed E-state index contributed by atoms with van der Waals surface area (Å²) in [5.74, 6) is 0.815. The van der Waals surface area contributed by atoms with Gasteiger partial charge in [0, 0.05) is 12.0 Å². The van der Waals surface area contributed by atoms with E-state index in [9.17, 15) is 9.90 Å². The van der Waals surface area contributed by atoms with E-state index in [1.54, 1.807) is 30.3 Å². The van der Waals surface area contributed by atoms with Gasteiger partial charge in [-0.25, -0.2) is 0 Å². The molecule has 0 fully saturated rings. The van der Waals surface area contributed by atoms with E-state index in [2.05, 4.69) is 0 Å². The molecule has 3 aromatic carbocycles. The van der Waals surface area contributed by atoms with E-state index in [4.69, 9.17) is 21.1 Å². The highest BCUT2D eigenvalue weighted by molar-refractivity contribution is 6.32. The molecule has 3 rings (SSSR count). The number of phenols is 1. The molecule has 0 unspecified atom stereocenters. The maximum atomic E-state index is 12.5. The summed E-state index contributed by atoms with van der Waals surface area (Å²) in [6.45, 7) is 0.368. The summed E-state index contributed by atoms with van der Waals surface area (Å²) in [6, 6.07) is 20.1. The standard InChI is InChI=1S/C24H21ClO4/c1-28-23-13-11-17(14-22(23)27)10-12-20(26)15-19-8-5-9-21(25)24(19)29-16-18-6-3-2-4-7-18/h2-14,27H,15-16H2,1H3/b12-10+. The number of halogens is 1. The molecule has 148 valence electrons. The van der Waals surface area contributed by atoms with E-state index in [0.717, 1.165) is 11.1 Å². The second-order valence-corrected chi connectivity index (χ2v) is 6.82. The molecule has 5 heteroatoms. The van der Waals surface area contributed by atoms with Crippen molar-refractivity contribution in [2.75, 3.05) is 7.11 Å². The average molecular weight is 409 g/mol. The van der Waals surface area contributed by atoms with Gasteiger partial charge in [0.25, 0.3) is 0 Å². The molecule has 4 nitrogen and oxygen atoms in total. The van der Waals surface area contributed by atoms with E-state index < -0.39 is 0 Å². The van der Waals surface area contributed by atoms with Gasteiger partial charge in [0.15, 0.2) is 17.3 Å². The van der Waals surface area contributed by atoms with Crippen molar-refractivity contribution in [2.45, 2.75) is 13.0 Å². The fraction of sp³-hybridized carbons (Fsp3) is 0.125. The molecule has 0 atom stereocenters. The Morgan fingerprint density at radius 1 is 1.07 bits per heavy atom. The number of ketones is 1. The molecule has 29 heavy (non-hydrogen) atoms. The zero-order valence-electron chi connectivity index (χ0n) is 16.0. The molecule has 0 aromatic heterocycles. The van der Waals surface area contributed by atoms with Crippen molar-refractivity contribution in [2.24, 2.45) is 0 Å². The molecular weight excluding hydrogens is 388 g/mol. The van der Waals surface area contributed by atoms with Crippen molar-refractivity contribution >= 4 is 23.5 Å². The minimum absolute atomic E-state index is 0.0218. The lowest BCUT2D eigenvalue weighted by molar-refractivity contribution is -0.114. The maximum Gasteiger partial charge on any atom is 0.160 e. The van der Waals surface area contributed by atoms with Crippen LogP contribution in [0.1, 0.15) is 16.7 Å². The van der Waals surface area contributed by atoms with Crippen molar-refractivity contribution in [3.63, 3.8) is 0 Å². The van der Waals surface area contributed by atoms with Crippen LogP contribution in [0.4, 0.5) is 0 Å². The van der Waals surface area contributed by atoms with Gasteiger partial charge in [0.1, 0.15) is 12.4 Å². The van der Waals surface area contributed by atoms with E-state index in [1.807, 2.05) is 36.4 Å². The summed E-state index contributed by atoms with van der Waals surface area (Å²) < 4.78 is 10.9. The highest BCUT2D eigenvalue weighted by Crippen LogP contribution is 2.30. The first kappa shape index (κ1) is 20.5. The van der Waals surface area contributed by atoms with Crippen LogP contribution in [0.3, 0.4) is 0 Å². The second kappa shape index (κ2) is 9.80. The molecule has 0 radical (unpaired) electrons. The van der Waals surface area contributed by atoms with Gasteiger partial charge in [-0.1, -0.05) is 66.2 Å². The number of allylic oxidation sites excluding steroid dienone is 1. The quantitative estimate of drug-likeness (QED) is 0.503. The minimum Gasteiger partial charge on any atom is -0.504 e. The first-order valence-corrected chi connectivity index (χ1v) is 9.46. The van der Waals surface area contributed by atoms with Gasteiger partial charge in [-0.3, -0.25) is 4.79 Å². The zero-order chi connectivity index (χ0) is 20.6. The largest absolute Gasteiger partial charge is 0.504 e. The van der Waals surface area contributed by atoms with Crippen molar-refractivity contribution in [1.29, 1.82) is 0 Å². The summed E-state index contributed by atoms with van der Waals surface area (Å²) in [5, 5.41) is 10.3. The van der Waals surface area contributed by atoms with Crippen molar-refractivity contribution < 1.29 is 19.4 Å². The van der Waals surface area contributed by atoms with Gasteiger partial charge in [-0.15, -0.1) is 0 Å². The maximum absolute atomic E-state index is 12.5. The second-order valence-electron chi connectivity index (χ2n) is 6.41. The lowest BCUT2D eigenvalue weighted by Gasteiger charge is -2.12. The molecule has 0 saturated heterocycles. The third-order valence-corrected chi connectivity index (χ3v) is 4.60. The number of methoxy groups -OCH3 is 1. The zero-order valence-corrected chi connectivity index (χ0v) is 16.7. The van der Waals surface area contributed by atoms with Gasteiger partial charge >= 0.3 is 0 Å². The molecule has 3 aromatic rings. The molecule has 0 aliphatic rings. The molecule has 0 saturated carbocycles. The highest BCUT2D eigenvalue weighted by atomic mass is 35.5. The molecule has 0 heterocycles. The number of benzene rings is 3. The molecule has 0 bridgehead atoms. The summed E-state index contributed by atoms with van der Waals surface area (Å²) in [6.07, 6.45) is 3.28. The predicted molar refractivity (Wildman–Crippen MR) is 115 cm³/mol. The molecule has 0 aliphatic heterocycles. The van der Waals surface area contributed by atoms with Crippen LogP contribution in [-0.4, -0.2) is 18.0 Å². The number of phenolic OH excluding ortho intramolecular Hbond substituents is 1. The number of hydrogen-bond donors (Lipinski definition) is 1. The highest BCUT2D eigenvalue weighted by Gasteiger charge is 2.11. The first-order chi connectivity index (χ1) is 14.1. The number of ether oxygens (including phenoxy) is 2. The number of hydrogen-bond acceptors (Lipinski definition) is 4. The smallest absolute Gasteiger partial charge is 0.160 e. The lowest BCUT2D eigenvalue weighted by atomic mass is 10.1. The summed E-state index contributed by atoms with van der Waals surface area (Å²) in [5.41, 5.74) is 2.44. The average Bonchev–Trinajstić information content (AvgIpc) is 2.73. The van der Waals surface area contributed by atoms with Crippen LogP contribution < -0.4 is 9.47 Å². The third-order valence-electron chi connectivity index (χ3n) is 4.30. The van der Waals surface area contributed by atoms with Gasteiger partial charge in [0.2, 0.25) is 0 Å². The van der Waals surface area contributed by atoms with Gasteiger partial charge in [0.05, 0.1) is 12.1 Å². The van der Waals surface area contributed by atoms with E-state index in [-0.39, 0.29) is 18.0 Å². The molecule has 0 aliphatic carbocycles. The number of aromatic hydroxyl groups is 1. The molecule has 0 spiro atoms. The van der Waals surface area contributed by atoms with E-state index in [1.165, 1.54) is 19.3 Å². The number of carbonyl (C=O) groups is 1. The molecule has 0 amide bonds. The van der Waals surface area contributed by atoms with Gasteiger partial charge < -0.3 is 14.6 Å². The lowest BCUT2D eigenvalue weighted by Crippen LogP contribution is -2.04. The Bertz CT molecular complexity index is 1010. The fourth-order valence-corrected chi connectivity index (χ4v) is 3.08. The third kappa shape index (κ3) is 5.62. The van der Waals surface area contributed by atoms with E-state index >= 15 is 0 Å². The summed E-state index contributed by atoms with van der Waals surface area (Å²) in [4.78, 5) is 12.5. The summed E-state index contributed by atoms with van der Waals surface area (Å²) in [7, 11) is 1.48. The Balaban J connectivity index is 1.70. The van der Waals surface area contributed by atoms with Crippen molar-refractivity contribution in [3.05, 3.63) is 94.5 Å². The van der Waals surface area contributed by atoms with Crippen LogP contribution in [0.5, 0.6) is 17.2 Å². The van der Waals surface area contributed by atoms with Crippen LogP contribution in [0.2, 0.25) is 5.02 Å². The SMILES string of the molecule is COc1ccc(/C=C/C(=O)Cc2cccc(Cl)c2OCc2ccccc2)cc1O. The fourth-order valence-electron chi connectivity index (χ4n) is 2.83. The predicted octanol–water partition coefficient (Wildman–Crippen LogP) is 5.46. The van der Waals surface area contributed by atoms with Crippen LogP contribution >= 0.6 is 11.6 Å². The minimum atomic E-state index is -0.105. The van der Waals surface area contributed by atoms with Crippen LogP contribution in [0, 0.1) is 0 Å². The Morgan fingerprint density at radius 2 is 1.86 bits per heavy atom. The van der Waals surface area contributed by atoms with E-state index in [0.29, 0.717) is 28.7 Å². The van der Waals surface area contributed by atoms with Crippen LogP contribution in [0.25, 0.3) is 6.08 Å². The molecule has 1 N–H and O–H groups in total. The number of para-hydroxylation sites is 1. The van der Waals surface area contributed by atoms with Crippen molar-refractivity contribution in [3.8, 4) is 17.2 Å². The first-order valence-electron chi connectivity index (χ1n) is 9.09. The van der Waals surface area contributed by atoms with Crippen molar-refractivity contribution in [1.82, 2.24) is 0 Å². The summed E-state index contributed by atoms with van der Waals surface area (Å²) >= 11 is 6.30. The Morgan fingerprint density at radius 3 is 2.59 bits per heavy atom. The Hall–Kier alpha value is -3.24. The number of carbonyl (C=O) groups excluding carboxylic acids is 1.